The lowest BCUT2D eigenvalue weighted by Gasteiger charge is -2.35. The lowest BCUT2D eigenvalue weighted by Crippen LogP contribution is -2.38. The molecule has 13 heavy (non-hydrogen) atoms. The highest BCUT2D eigenvalue weighted by atomic mass is 79.9. The van der Waals surface area contributed by atoms with E-state index >= 15 is 0 Å². The lowest BCUT2D eigenvalue weighted by atomic mass is 9.82. The van der Waals surface area contributed by atoms with Crippen molar-refractivity contribution in [2.24, 2.45) is 11.8 Å². The third-order valence-electron chi connectivity index (χ3n) is 2.67. The molecule has 0 saturated heterocycles. The Hall–Kier alpha value is 0.400. The zero-order valence-corrected chi connectivity index (χ0v) is 10.1. The second-order valence-corrected chi connectivity index (χ2v) is 5.12. The molecule has 0 aromatic rings. The number of aliphatic hydroxyl groups is 1. The van der Waals surface area contributed by atoms with E-state index in [0.717, 1.165) is 43.1 Å². The van der Waals surface area contributed by atoms with Crippen molar-refractivity contribution in [1.82, 2.24) is 4.90 Å². The summed E-state index contributed by atoms with van der Waals surface area (Å²) >= 11 is 3.48. The van der Waals surface area contributed by atoms with Gasteiger partial charge in [0.2, 0.25) is 0 Å². The Labute approximate surface area is 89.4 Å². The van der Waals surface area contributed by atoms with Crippen molar-refractivity contribution in [2.45, 2.75) is 25.9 Å². The average molecular weight is 250 g/mol. The molecule has 0 amide bonds. The van der Waals surface area contributed by atoms with E-state index in [9.17, 15) is 0 Å². The number of halogens is 1. The van der Waals surface area contributed by atoms with Crippen LogP contribution in [0.3, 0.4) is 0 Å². The molecule has 78 valence electrons. The van der Waals surface area contributed by atoms with Gasteiger partial charge in [-0.15, -0.1) is 0 Å². The minimum Gasteiger partial charge on any atom is -0.393 e. The summed E-state index contributed by atoms with van der Waals surface area (Å²) in [4.78, 5) is 2.38. The quantitative estimate of drug-likeness (QED) is 0.751. The number of alkyl halides is 1. The van der Waals surface area contributed by atoms with Gasteiger partial charge < -0.3 is 10.0 Å². The fourth-order valence-corrected chi connectivity index (χ4v) is 2.15. The third kappa shape index (κ3) is 3.96. The van der Waals surface area contributed by atoms with Crippen LogP contribution in [0.1, 0.15) is 19.8 Å². The van der Waals surface area contributed by atoms with Crippen molar-refractivity contribution in [3.05, 3.63) is 0 Å². The van der Waals surface area contributed by atoms with Crippen LogP contribution < -0.4 is 0 Å². The second kappa shape index (κ2) is 5.32. The molecular formula is C10H20BrNO. The molecule has 1 unspecified atom stereocenters. The summed E-state index contributed by atoms with van der Waals surface area (Å²) in [5.74, 6) is 1.46. The first-order chi connectivity index (χ1) is 6.11. The van der Waals surface area contributed by atoms with Crippen LogP contribution in [0.25, 0.3) is 0 Å². The van der Waals surface area contributed by atoms with Gasteiger partial charge in [0.15, 0.2) is 0 Å². The van der Waals surface area contributed by atoms with E-state index in [4.69, 9.17) is 5.11 Å². The number of hydrogen-bond acceptors (Lipinski definition) is 2. The Morgan fingerprint density at radius 2 is 2.15 bits per heavy atom. The van der Waals surface area contributed by atoms with E-state index in [1.165, 1.54) is 0 Å². The van der Waals surface area contributed by atoms with Gasteiger partial charge in [-0.25, -0.2) is 0 Å². The van der Waals surface area contributed by atoms with Gasteiger partial charge in [0.05, 0.1) is 6.10 Å². The molecule has 1 atom stereocenters. The highest BCUT2D eigenvalue weighted by molar-refractivity contribution is 9.09. The molecule has 0 radical (unpaired) electrons. The number of aliphatic hydroxyl groups excluding tert-OH is 1. The fraction of sp³-hybridized carbons (Fsp3) is 1.00. The maximum atomic E-state index is 9.13. The van der Waals surface area contributed by atoms with Crippen LogP contribution in [0.4, 0.5) is 0 Å². The van der Waals surface area contributed by atoms with Crippen molar-refractivity contribution < 1.29 is 5.11 Å². The first kappa shape index (κ1) is 11.5. The van der Waals surface area contributed by atoms with E-state index in [0.29, 0.717) is 0 Å². The average Bonchev–Trinajstić information content (AvgIpc) is 2.01. The van der Waals surface area contributed by atoms with Crippen molar-refractivity contribution in [3.63, 3.8) is 0 Å². The summed E-state index contributed by atoms with van der Waals surface area (Å²) < 4.78 is 0. The van der Waals surface area contributed by atoms with Gasteiger partial charge in [-0.05, 0) is 31.7 Å². The Morgan fingerprint density at radius 3 is 2.62 bits per heavy atom. The summed E-state index contributed by atoms with van der Waals surface area (Å²) in [6.07, 6.45) is 2.01. The molecule has 1 rings (SSSR count). The highest BCUT2D eigenvalue weighted by Crippen LogP contribution is 2.27. The smallest absolute Gasteiger partial charge is 0.0546 e. The predicted octanol–water partition coefficient (Wildman–Crippen LogP) is 1.72. The Morgan fingerprint density at radius 1 is 1.54 bits per heavy atom. The molecule has 0 aromatic carbocycles. The maximum Gasteiger partial charge on any atom is 0.0546 e. The summed E-state index contributed by atoms with van der Waals surface area (Å²) in [7, 11) is 2.17. The van der Waals surface area contributed by atoms with E-state index < -0.39 is 0 Å². The molecule has 1 aliphatic carbocycles. The monoisotopic (exact) mass is 249 g/mol. The van der Waals surface area contributed by atoms with E-state index in [-0.39, 0.29) is 6.10 Å². The van der Waals surface area contributed by atoms with Crippen molar-refractivity contribution in [2.75, 3.05) is 25.5 Å². The first-order valence-corrected chi connectivity index (χ1v) is 6.16. The summed E-state index contributed by atoms with van der Waals surface area (Å²) in [5.41, 5.74) is 0. The summed E-state index contributed by atoms with van der Waals surface area (Å²) in [6, 6.07) is 0. The second-order valence-electron chi connectivity index (χ2n) is 4.47. The number of nitrogens with zero attached hydrogens (tertiary/aromatic N) is 1. The van der Waals surface area contributed by atoms with Crippen molar-refractivity contribution in [1.29, 1.82) is 0 Å². The van der Waals surface area contributed by atoms with Crippen LogP contribution in [0.15, 0.2) is 0 Å². The van der Waals surface area contributed by atoms with E-state index in [1.54, 1.807) is 0 Å². The molecule has 0 aliphatic heterocycles. The van der Waals surface area contributed by atoms with Gasteiger partial charge in [-0.1, -0.05) is 22.9 Å². The molecule has 2 nitrogen and oxygen atoms in total. The van der Waals surface area contributed by atoms with Crippen molar-refractivity contribution in [3.8, 4) is 0 Å². The topological polar surface area (TPSA) is 23.5 Å². The molecule has 1 saturated carbocycles. The Bertz CT molecular complexity index is 148. The zero-order chi connectivity index (χ0) is 9.84. The maximum absolute atomic E-state index is 9.13. The van der Waals surface area contributed by atoms with Gasteiger partial charge in [-0.2, -0.15) is 0 Å². The summed E-state index contributed by atoms with van der Waals surface area (Å²) in [5, 5.41) is 10.2. The number of rotatable bonds is 5. The predicted molar refractivity (Wildman–Crippen MR) is 59.2 cm³/mol. The lowest BCUT2D eigenvalue weighted by molar-refractivity contribution is 0.0271. The largest absolute Gasteiger partial charge is 0.393 e. The molecule has 3 heteroatoms. The standard InChI is InChI=1S/C10H20BrNO/c1-8(5-11)6-12(2)7-9-3-10(13)4-9/h8-10,13H,3-7H2,1-2H3. The van der Waals surface area contributed by atoms with Crippen LogP contribution >= 0.6 is 15.9 Å². The molecule has 0 bridgehead atoms. The summed E-state index contributed by atoms with van der Waals surface area (Å²) in [6.45, 7) is 4.55. The van der Waals surface area contributed by atoms with Gasteiger partial charge in [0.1, 0.15) is 0 Å². The SMILES string of the molecule is CC(CBr)CN(C)CC1CC(O)C1. The fourth-order valence-electron chi connectivity index (χ4n) is 1.95. The molecule has 0 spiro atoms. The van der Waals surface area contributed by atoms with Crippen LogP contribution in [0, 0.1) is 11.8 Å². The Balaban J connectivity index is 2.07. The molecule has 0 aromatic heterocycles. The first-order valence-electron chi connectivity index (χ1n) is 5.04. The molecular weight excluding hydrogens is 230 g/mol. The van der Waals surface area contributed by atoms with Gasteiger partial charge >= 0.3 is 0 Å². The normalized spacial score (nSPS) is 30.2. The Kier molecular flexibility index (Phi) is 4.70. The minimum atomic E-state index is -0.00741. The van der Waals surface area contributed by atoms with E-state index in [1.807, 2.05) is 0 Å². The highest BCUT2D eigenvalue weighted by Gasteiger charge is 2.27. The van der Waals surface area contributed by atoms with Gasteiger partial charge in [-0.3, -0.25) is 0 Å². The molecule has 1 N–H and O–H groups in total. The van der Waals surface area contributed by atoms with Crippen LogP contribution in [0.5, 0.6) is 0 Å². The minimum absolute atomic E-state index is 0.00741. The third-order valence-corrected chi connectivity index (χ3v) is 3.77. The van der Waals surface area contributed by atoms with Crippen LogP contribution in [-0.4, -0.2) is 41.6 Å². The van der Waals surface area contributed by atoms with E-state index in [2.05, 4.69) is 34.8 Å². The van der Waals surface area contributed by atoms with Gasteiger partial charge in [0, 0.05) is 18.4 Å². The molecule has 1 aliphatic rings. The zero-order valence-electron chi connectivity index (χ0n) is 8.54. The molecule has 1 fully saturated rings. The van der Waals surface area contributed by atoms with Gasteiger partial charge in [0.25, 0.3) is 0 Å². The van der Waals surface area contributed by atoms with Crippen LogP contribution in [0.2, 0.25) is 0 Å². The number of hydrogen-bond donors (Lipinski definition) is 1. The van der Waals surface area contributed by atoms with Crippen LogP contribution in [-0.2, 0) is 0 Å². The van der Waals surface area contributed by atoms with Crippen molar-refractivity contribution >= 4 is 15.9 Å². The molecule has 0 heterocycles.